The summed E-state index contributed by atoms with van der Waals surface area (Å²) in [4.78, 5) is 22.9. The predicted molar refractivity (Wildman–Crippen MR) is 125 cm³/mol. The molecule has 0 spiro atoms. The van der Waals surface area contributed by atoms with Crippen molar-refractivity contribution in [1.82, 2.24) is 5.32 Å². The molecule has 0 aliphatic heterocycles. The van der Waals surface area contributed by atoms with E-state index in [2.05, 4.69) is 10.6 Å². The molecule has 1 saturated carbocycles. The lowest BCUT2D eigenvalue weighted by molar-refractivity contribution is -0.136. The second-order valence-electron chi connectivity index (χ2n) is 8.73. The monoisotopic (exact) mass is 452 g/mol. The van der Waals surface area contributed by atoms with Crippen molar-refractivity contribution in [1.29, 1.82) is 0 Å². The summed E-state index contributed by atoms with van der Waals surface area (Å²) < 4.78 is 20.1. The van der Waals surface area contributed by atoms with Crippen LogP contribution in [-0.2, 0) is 4.79 Å². The van der Waals surface area contributed by atoms with Gasteiger partial charge in [0.15, 0.2) is 0 Å². The van der Waals surface area contributed by atoms with Crippen LogP contribution in [0.15, 0.2) is 46.9 Å². The second-order valence-corrected chi connectivity index (χ2v) is 8.73. The fourth-order valence-corrected chi connectivity index (χ4v) is 4.66. The van der Waals surface area contributed by atoms with Gasteiger partial charge in [0.2, 0.25) is 0 Å². The number of benzene rings is 2. The maximum absolute atomic E-state index is 13.8. The van der Waals surface area contributed by atoms with E-state index in [9.17, 15) is 14.0 Å². The van der Waals surface area contributed by atoms with Gasteiger partial charge in [-0.05, 0) is 68.1 Å². The number of fused-ring (bicyclic) bond motifs is 1. The molecular formula is C26H29FN2O4. The van der Waals surface area contributed by atoms with E-state index in [4.69, 9.17) is 9.52 Å². The van der Waals surface area contributed by atoms with E-state index < -0.39 is 5.97 Å². The Morgan fingerprint density at radius 3 is 2.55 bits per heavy atom. The maximum atomic E-state index is 13.8. The molecule has 1 unspecified atom stereocenters. The van der Waals surface area contributed by atoms with Crippen molar-refractivity contribution in [2.75, 3.05) is 11.9 Å². The minimum atomic E-state index is -0.952. The van der Waals surface area contributed by atoms with Gasteiger partial charge in [0, 0.05) is 28.7 Å². The van der Waals surface area contributed by atoms with Crippen LogP contribution in [0.25, 0.3) is 11.0 Å². The molecule has 2 aromatic carbocycles. The summed E-state index contributed by atoms with van der Waals surface area (Å²) in [6, 6.07) is 11.7. The first-order valence-electron chi connectivity index (χ1n) is 11.5. The van der Waals surface area contributed by atoms with E-state index in [1.165, 1.54) is 31.4 Å². The highest BCUT2D eigenvalue weighted by Gasteiger charge is 2.30. The van der Waals surface area contributed by atoms with Crippen molar-refractivity contribution >= 4 is 28.5 Å². The molecule has 3 aromatic rings. The number of aliphatic carboxylic acids is 1. The zero-order valence-electron chi connectivity index (χ0n) is 18.7. The Balaban J connectivity index is 1.56. The highest BCUT2D eigenvalue weighted by molar-refractivity contribution is 5.94. The van der Waals surface area contributed by atoms with E-state index in [1.54, 1.807) is 18.2 Å². The third-order valence-electron chi connectivity index (χ3n) is 6.43. The number of carbonyl (C=O) groups excluding carboxylic acids is 1. The number of furan rings is 1. The number of hydrogen-bond acceptors (Lipinski definition) is 4. The van der Waals surface area contributed by atoms with E-state index in [-0.39, 0.29) is 30.7 Å². The van der Waals surface area contributed by atoms with Gasteiger partial charge in [-0.2, -0.15) is 0 Å². The zero-order valence-corrected chi connectivity index (χ0v) is 18.7. The second kappa shape index (κ2) is 10.1. The lowest BCUT2D eigenvalue weighted by atomic mass is 9.82. The standard InChI is InChI=1S/C26H29FN2O4/c1-16-21-15-19(27)9-12-22(21)33-25(16)24(17-5-3-2-4-6-17)29-20-10-7-18(8-11-20)26(32)28-14-13-23(30)31/h7-12,15,17,24,29H,2-6,13-14H2,1H3,(H,28,32)(H,30,31). The minimum Gasteiger partial charge on any atom is -0.481 e. The summed E-state index contributed by atoms with van der Waals surface area (Å²) in [6.45, 7) is 2.06. The number of carboxylic acid groups (broad SMARTS) is 1. The lowest BCUT2D eigenvalue weighted by Crippen LogP contribution is -2.26. The molecule has 6 nitrogen and oxygen atoms in total. The van der Waals surface area contributed by atoms with Gasteiger partial charge in [-0.25, -0.2) is 4.39 Å². The Hall–Kier alpha value is -3.35. The number of halogens is 1. The van der Waals surface area contributed by atoms with Crippen LogP contribution in [0, 0.1) is 18.7 Å². The van der Waals surface area contributed by atoms with Crippen molar-refractivity contribution in [3.8, 4) is 0 Å². The zero-order chi connectivity index (χ0) is 23.4. The first kappa shape index (κ1) is 22.8. The quantitative estimate of drug-likeness (QED) is 0.401. The Morgan fingerprint density at radius 2 is 1.85 bits per heavy atom. The first-order chi connectivity index (χ1) is 15.9. The molecule has 4 rings (SSSR count). The average Bonchev–Trinajstić information content (AvgIpc) is 3.13. The van der Waals surface area contributed by atoms with Gasteiger partial charge in [-0.1, -0.05) is 19.3 Å². The van der Waals surface area contributed by atoms with Crippen molar-refractivity contribution < 1.29 is 23.5 Å². The number of carboxylic acids is 1. The van der Waals surface area contributed by atoms with Crippen LogP contribution in [0.1, 0.15) is 66.2 Å². The summed E-state index contributed by atoms with van der Waals surface area (Å²) >= 11 is 0. The fourth-order valence-electron chi connectivity index (χ4n) is 4.66. The smallest absolute Gasteiger partial charge is 0.305 e. The Morgan fingerprint density at radius 1 is 1.12 bits per heavy atom. The van der Waals surface area contributed by atoms with Crippen LogP contribution in [0.4, 0.5) is 10.1 Å². The SMILES string of the molecule is Cc1c(C(Nc2ccc(C(=O)NCCC(=O)O)cc2)C2CCCCC2)oc2ccc(F)cc12. The Kier molecular flexibility index (Phi) is 6.96. The highest BCUT2D eigenvalue weighted by atomic mass is 19.1. The summed E-state index contributed by atoms with van der Waals surface area (Å²) in [7, 11) is 0. The molecule has 33 heavy (non-hydrogen) atoms. The van der Waals surface area contributed by atoms with Crippen molar-refractivity contribution in [3.63, 3.8) is 0 Å². The predicted octanol–water partition coefficient (Wildman–Crippen LogP) is 5.82. The van der Waals surface area contributed by atoms with Crippen LogP contribution in [0.3, 0.4) is 0 Å². The highest BCUT2D eigenvalue weighted by Crippen LogP contribution is 2.40. The topological polar surface area (TPSA) is 91.6 Å². The third-order valence-corrected chi connectivity index (χ3v) is 6.43. The van der Waals surface area contributed by atoms with E-state index >= 15 is 0 Å². The number of anilines is 1. The van der Waals surface area contributed by atoms with Gasteiger partial charge < -0.3 is 20.2 Å². The molecule has 1 amide bonds. The molecular weight excluding hydrogens is 423 g/mol. The van der Waals surface area contributed by atoms with Crippen LogP contribution in [0.5, 0.6) is 0 Å². The number of nitrogens with one attached hydrogen (secondary N) is 2. The molecule has 1 heterocycles. The van der Waals surface area contributed by atoms with Gasteiger partial charge in [-0.3, -0.25) is 9.59 Å². The summed E-state index contributed by atoms with van der Waals surface area (Å²) in [6.07, 6.45) is 5.64. The van der Waals surface area contributed by atoms with Gasteiger partial charge in [0.1, 0.15) is 17.2 Å². The average molecular weight is 453 g/mol. The van der Waals surface area contributed by atoms with Crippen molar-refractivity contribution in [2.45, 2.75) is 51.5 Å². The van der Waals surface area contributed by atoms with Crippen LogP contribution in [-0.4, -0.2) is 23.5 Å². The number of hydrogen-bond donors (Lipinski definition) is 3. The number of amides is 1. The van der Waals surface area contributed by atoms with Crippen LogP contribution in [0.2, 0.25) is 0 Å². The van der Waals surface area contributed by atoms with E-state index in [0.717, 1.165) is 35.2 Å². The molecule has 0 bridgehead atoms. The number of rotatable bonds is 8. The van der Waals surface area contributed by atoms with Crippen LogP contribution >= 0.6 is 0 Å². The lowest BCUT2D eigenvalue weighted by Gasteiger charge is -2.31. The largest absolute Gasteiger partial charge is 0.481 e. The fraction of sp³-hybridized carbons (Fsp3) is 0.385. The van der Waals surface area contributed by atoms with Gasteiger partial charge >= 0.3 is 5.97 Å². The van der Waals surface area contributed by atoms with E-state index in [1.807, 2.05) is 19.1 Å². The molecule has 1 aromatic heterocycles. The van der Waals surface area contributed by atoms with Gasteiger partial charge in [0.25, 0.3) is 5.91 Å². The summed E-state index contributed by atoms with van der Waals surface area (Å²) in [5.74, 6) is -0.314. The summed E-state index contributed by atoms with van der Waals surface area (Å²) in [5.41, 5.74) is 2.95. The minimum absolute atomic E-state index is 0.0593. The third kappa shape index (κ3) is 5.35. The van der Waals surface area contributed by atoms with Crippen molar-refractivity contribution in [3.05, 3.63) is 65.2 Å². The number of carbonyl (C=O) groups is 2. The molecule has 1 atom stereocenters. The molecule has 1 fully saturated rings. The normalized spacial score (nSPS) is 15.3. The van der Waals surface area contributed by atoms with E-state index in [0.29, 0.717) is 17.1 Å². The number of aryl methyl sites for hydroxylation is 1. The van der Waals surface area contributed by atoms with Gasteiger partial charge in [-0.15, -0.1) is 0 Å². The molecule has 3 N–H and O–H groups in total. The molecule has 174 valence electrons. The molecule has 7 heteroatoms. The van der Waals surface area contributed by atoms with Gasteiger partial charge in [0.05, 0.1) is 12.5 Å². The molecule has 0 saturated heterocycles. The maximum Gasteiger partial charge on any atom is 0.305 e. The van der Waals surface area contributed by atoms with Crippen LogP contribution < -0.4 is 10.6 Å². The molecule has 0 radical (unpaired) electrons. The first-order valence-corrected chi connectivity index (χ1v) is 11.5. The summed E-state index contributed by atoms with van der Waals surface area (Å²) in [5, 5.41) is 15.7. The Bertz CT molecular complexity index is 1130. The molecule has 1 aliphatic carbocycles. The molecule has 1 aliphatic rings. The Labute approximate surface area is 192 Å². The van der Waals surface area contributed by atoms with Crippen molar-refractivity contribution in [2.24, 2.45) is 5.92 Å².